The molecule has 0 spiro atoms. The molecule has 2 heterocycles. The molecule has 1 N–H and O–H groups in total. The topological polar surface area (TPSA) is 78.7 Å². The average Bonchev–Trinajstić information content (AvgIpc) is 2.54. The number of aromatic nitrogens is 2. The molecule has 118 valence electrons. The highest BCUT2D eigenvalue weighted by atomic mass is 19.1. The van der Waals surface area contributed by atoms with E-state index in [2.05, 4.69) is 15.3 Å². The molecule has 0 aromatic carbocycles. The van der Waals surface area contributed by atoms with Crippen LogP contribution in [0, 0.1) is 17.1 Å². The van der Waals surface area contributed by atoms with Crippen LogP contribution in [0.15, 0.2) is 30.6 Å². The lowest BCUT2D eigenvalue weighted by Gasteiger charge is -2.14. The minimum Gasteiger partial charge on any atom is -0.342 e. The zero-order chi connectivity index (χ0) is 17.0. The Bertz CT molecular complexity index is 750. The predicted octanol–water partition coefficient (Wildman–Crippen LogP) is 3.10. The first-order valence-electron chi connectivity index (χ1n) is 7.24. The van der Waals surface area contributed by atoms with Gasteiger partial charge in [-0.1, -0.05) is 19.9 Å². The van der Waals surface area contributed by atoms with Crippen molar-refractivity contribution in [3.8, 4) is 6.07 Å². The number of carbonyl (C=O) groups is 1. The van der Waals surface area contributed by atoms with Crippen molar-refractivity contribution >= 4 is 5.91 Å². The predicted molar refractivity (Wildman–Crippen MR) is 83.1 cm³/mol. The molecule has 0 unspecified atom stereocenters. The Balaban J connectivity index is 2.12. The summed E-state index contributed by atoms with van der Waals surface area (Å²) in [5, 5.41) is 11.4. The first kappa shape index (κ1) is 16.6. The van der Waals surface area contributed by atoms with E-state index in [1.807, 2.05) is 26.0 Å². The van der Waals surface area contributed by atoms with Gasteiger partial charge in [-0.2, -0.15) is 5.26 Å². The third kappa shape index (κ3) is 3.89. The van der Waals surface area contributed by atoms with E-state index in [4.69, 9.17) is 5.26 Å². The van der Waals surface area contributed by atoms with Gasteiger partial charge in [-0.05, 0) is 30.5 Å². The molecule has 0 aliphatic heterocycles. The maximum atomic E-state index is 13.9. The van der Waals surface area contributed by atoms with Crippen molar-refractivity contribution in [2.45, 2.75) is 32.7 Å². The van der Waals surface area contributed by atoms with Crippen molar-refractivity contribution in [2.24, 2.45) is 0 Å². The number of halogens is 1. The van der Waals surface area contributed by atoms with Gasteiger partial charge >= 0.3 is 0 Å². The Morgan fingerprint density at radius 3 is 2.52 bits per heavy atom. The molecule has 0 saturated carbocycles. The number of nitriles is 1. The summed E-state index contributed by atoms with van der Waals surface area (Å²) in [6.07, 6.45) is 2.93. The summed E-state index contributed by atoms with van der Waals surface area (Å²) in [6, 6.07) is 5.76. The Morgan fingerprint density at radius 1 is 1.26 bits per heavy atom. The molecule has 0 aliphatic carbocycles. The third-order valence-electron chi connectivity index (χ3n) is 3.44. The molecule has 6 heteroatoms. The van der Waals surface area contributed by atoms with Gasteiger partial charge in [0.15, 0.2) is 0 Å². The molecule has 2 rings (SSSR count). The van der Waals surface area contributed by atoms with Crippen LogP contribution in [0.2, 0.25) is 0 Å². The van der Waals surface area contributed by atoms with Gasteiger partial charge in [0, 0.05) is 12.4 Å². The Morgan fingerprint density at radius 2 is 2.00 bits per heavy atom. The summed E-state index contributed by atoms with van der Waals surface area (Å²) in [4.78, 5) is 20.2. The van der Waals surface area contributed by atoms with Crippen molar-refractivity contribution < 1.29 is 9.18 Å². The quantitative estimate of drug-likeness (QED) is 0.941. The van der Waals surface area contributed by atoms with Crippen molar-refractivity contribution in [2.75, 3.05) is 0 Å². The van der Waals surface area contributed by atoms with E-state index in [1.54, 1.807) is 19.2 Å². The van der Waals surface area contributed by atoms with Crippen molar-refractivity contribution in [1.29, 1.82) is 5.26 Å². The zero-order valence-electron chi connectivity index (χ0n) is 13.2. The summed E-state index contributed by atoms with van der Waals surface area (Å²) in [5.41, 5.74) is 1.51. The van der Waals surface area contributed by atoms with Gasteiger partial charge in [0.05, 0.1) is 17.3 Å². The van der Waals surface area contributed by atoms with Gasteiger partial charge < -0.3 is 5.32 Å². The number of nitrogens with zero attached hydrogens (tertiary/aromatic N) is 3. The Labute approximate surface area is 134 Å². The molecule has 0 radical (unpaired) electrons. The highest BCUT2D eigenvalue weighted by Gasteiger charge is 2.17. The summed E-state index contributed by atoms with van der Waals surface area (Å²) in [5.74, 6) is -0.700. The van der Waals surface area contributed by atoms with E-state index in [0.29, 0.717) is 5.92 Å². The number of rotatable bonds is 4. The fraction of sp³-hybridized carbons (Fsp3) is 0.294. The molecule has 0 saturated heterocycles. The summed E-state index contributed by atoms with van der Waals surface area (Å²) < 4.78 is 13.9. The maximum Gasteiger partial charge on any atom is 0.270 e. The molecule has 1 atom stereocenters. The minimum atomic E-state index is -0.637. The fourth-order valence-electron chi connectivity index (χ4n) is 2.05. The van der Waals surface area contributed by atoms with Crippen LogP contribution in [0.4, 0.5) is 4.39 Å². The molecule has 0 bridgehead atoms. The van der Waals surface area contributed by atoms with Crippen LogP contribution in [0.5, 0.6) is 0 Å². The molecule has 2 aromatic rings. The Kier molecular flexibility index (Phi) is 5.02. The number of hydrogen-bond acceptors (Lipinski definition) is 4. The highest BCUT2D eigenvalue weighted by molar-refractivity contribution is 5.92. The summed E-state index contributed by atoms with van der Waals surface area (Å²) in [6.45, 7) is 5.70. The summed E-state index contributed by atoms with van der Waals surface area (Å²) in [7, 11) is 0. The van der Waals surface area contributed by atoms with Gasteiger partial charge in [-0.15, -0.1) is 0 Å². The molecule has 2 aromatic heterocycles. The van der Waals surface area contributed by atoms with E-state index < -0.39 is 17.8 Å². The second kappa shape index (κ2) is 6.97. The molecule has 23 heavy (non-hydrogen) atoms. The normalized spacial score (nSPS) is 11.8. The van der Waals surface area contributed by atoms with E-state index in [9.17, 15) is 9.18 Å². The lowest BCUT2D eigenvalue weighted by Crippen LogP contribution is -2.28. The number of carbonyl (C=O) groups excluding carboxylic acids is 1. The molecule has 5 nitrogen and oxygen atoms in total. The van der Waals surface area contributed by atoms with Crippen LogP contribution < -0.4 is 5.32 Å². The largest absolute Gasteiger partial charge is 0.342 e. The number of pyridine rings is 2. The number of amides is 1. The van der Waals surface area contributed by atoms with Crippen molar-refractivity contribution in [3.05, 3.63) is 58.9 Å². The minimum absolute atomic E-state index is 0.0798. The molecular formula is C17H17FN4O. The van der Waals surface area contributed by atoms with Gasteiger partial charge in [0.25, 0.3) is 5.91 Å². The van der Waals surface area contributed by atoms with Crippen LogP contribution in [0.1, 0.15) is 60.0 Å². The van der Waals surface area contributed by atoms with Crippen molar-refractivity contribution in [1.82, 2.24) is 15.3 Å². The van der Waals surface area contributed by atoms with E-state index >= 15 is 0 Å². The lowest BCUT2D eigenvalue weighted by molar-refractivity contribution is 0.0933. The second-order valence-corrected chi connectivity index (χ2v) is 5.53. The molecule has 0 aliphatic rings. The Hall–Kier alpha value is -2.81. The van der Waals surface area contributed by atoms with E-state index in [-0.39, 0.29) is 17.0 Å². The standard InChI is InChI=1S/C17H17FN4O/c1-10(2)13-4-5-15(20-9-13)17(23)22-11(3)16-14(18)6-12(7-19)8-21-16/h4-6,8-11H,1-3H3,(H,22,23)/t11-/m1/s1. The van der Waals surface area contributed by atoms with Gasteiger partial charge in [-0.25, -0.2) is 4.39 Å². The van der Waals surface area contributed by atoms with Gasteiger partial charge in [0.2, 0.25) is 0 Å². The van der Waals surface area contributed by atoms with Crippen LogP contribution in [-0.2, 0) is 0 Å². The van der Waals surface area contributed by atoms with Crippen LogP contribution in [0.3, 0.4) is 0 Å². The first-order chi connectivity index (χ1) is 10.9. The second-order valence-electron chi connectivity index (χ2n) is 5.53. The van der Waals surface area contributed by atoms with Gasteiger partial charge in [0.1, 0.15) is 17.6 Å². The first-order valence-corrected chi connectivity index (χ1v) is 7.24. The fourth-order valence-corrected chi connectivity index (χ4v) is 2.05. The SMILES string of the molecule is CC(C)c1ccc(C(=O)N[C@H](C)c2ncc(C#N)cc2F)nc1. The van der Waals surface area contributed by atoms with Crippen LogP contribution in [0.25, 0.3) is 0 Å². The van der Waals surface area contributed by atoms with E-state index in [1.165, 1.54) is 6.20 Å². The van der Waals surface area contributed by atoms with Crippen molar-refractivity contribution in [3.63, 3.8) is 0 Å². The van der Waals surface area contributed by atoms with Crippen LogP contribution >= 0.6 is 0 Å². The lowest BCUT2D eigenvalue weighted by atomic mass is 10.1. The average molecular weight is 312 g/mol. The number of nitrogens with one attached hydrogen (secondary N) is 1. The highest BCUT2D eigenvalue weighted by Crippen LogP contribution is 2.16. The monoisotopic (exact) mass is 312 g/mol. The molecule has 1 amide bonds. The molecule has 0 fully saturated rings. The molecular weight excluding hydrogens is 295 g/mol. The number of hydrogen-bond donors (Lipinski definition) is 1. The van der Waals surface area contributed by atoms with Crippen LogP contribution in [-0.4, -0.2) is 15.9 Å². The maximum absolute atomic E-state index is 13.9. The third-order valence-corrected chi connectivity index (χ3v) is 3.44. The summed E-state index contributed by atoms with van der Waals surface area (Å²) >= 11 is 0. The van der Waals surface area contributed by atoms with Gasteiger partial charge in [-0.3, -0.25) is 14.8 Å². The smallest absolute Gasteiger partial charge is 0.270 e. The van der Waals surface area contributed by atoms with E-state index in [0.717, 1.165) is 11.6 Å². The zero-order valence-corrected chi connectivity index (χ0v) is 13.2.